The zero-order chi connectivity index (χ0) is 17.1. The van der Waals surface area contributed by atoms with Gasteiger partial charge in [0, 0.05) is 12.1 Å². The highest BCUT2D eigenvalue weighted by atomic mass is 32.2. The molecule has 0 aliphatic carbocycles. The van der Waals surface area contributed by atoms with E-state index in [1.807, 2.05) is 0 Å². The molecule has 1 amide bonds. The molecule has 0 aliphatic heterocycles. The van der Waals surface area contributed by atoms with Gasteiger partial charge in [-0.1, -0.05) is 0 Å². The first-order chi connectivity index (χ1) is 9.99. The van der Waals surface area contributed by atoms with Gasteiger partial charge in [-0.3, -0.25) is 10.1 Å². The quantitative estimate of drug-likeness (QED) is 0.515. The number of rotatable bonds is 4. The molecule has 0 radical (unpaired) electrons. The lowest BCUT2D eigenvalue weighted by molar-refractivity contribution is -0.385. The van der Waals surface area contributed by atoms with Crippen molar-refractivity contribution in [2.75, 3.05) is 6.61 Å². The SMILES string of the molecule is C=S(=O)(NC(=O)OCC)c1ccc([N+](=O)[O-])cc1C(F)(F)F. The van der Waals surface area contributed by atoms with Crippen LogP contribution < -0.4 is 4.72 Å². The van der Waals surface area contributed by atoms with Crippen LogP contribution in [0.15, 0.2) is 23.1 Å². The summed E-state index contributed by atoms with van der Waals surface area (Å²) < 4.78 is 57.3. The summed E-state index contributed by atoms with van der Waals surface area (Å²) in [6.45, 7) is 1.35. The number of alkyl halides is 3. The fraction of sp³-hybridized carbons (Fsp3) is 0.273. The Morgan fingerprint density at radius 2 is 2.09 bits per heavy atom. The van der Waals surface area contributed by atoms with E-state index >= 15 is 0 Å². The second-order valence-corrected chi connectivity index (χ2v) is 5.93. The van der Waals surface area contributed by atoms with Crippen molar-refractivity contribution in [2.45, 2.75) is 18.0 Å². The third-order valence-corrected chi connectivity index (χ3v) is 3.92. The van der Waals surface area contributed by atoms with Crippen LogP contribution in [0.25, 0.3) is 0 Å². The Labute approximate surface area is 123 Å². The molecule has 7 nitrogen and oxygen atoms in total. The Morgan fingerprint density at radius 1 is 1.50 bits per heavy atom. The predicted molar refractivity (Wildman–Crippen MR) is 71.8 cm³/mol. The Morgan fingerprint density at radius 3 is 2.55 bits per heavy atom. The summed E-state index contributed by atoms with van der Waals surface area (Å²) in [6, 6.07) is 1.61. The highest BCUT2D eigenvalue weighted by Gasteiger charge is 2.37. The molecule has 0 fully saturated rings. The van der Waals surface area contributed by atoms with Crippen LogP contribution in [0, 0.1) is 10.1 Å². The average molecular weight is 340 g/mol. The van der Waals surface area contributed by atoms with Crippen molar-refractivity contribution >= 4 is 27.4 Å². The van der Waals surface area contributed by atoms with Crippen molar-refractivity contribution in [3.8, 4) is 0 Å². The summed E-state index contributed by atoms with van der Waals surface area (Å²) in [5.41, 5.74) is -2.35. The van der Waals surface area contributed by atoms with Gasteiger partial charge in [-0.25, -0.2) is 13.7 Å². The van der Waals surface area contributed by atoms with E-state index in [2.05, 4.69) is 10.6 Å². The second-order valence-electron chi connectivity index (χ2n) is 3.93. The van der Waals surface area contributed by atoms with Crippen molar-refractivity contribution in [1.29, 1.82) is 0 Å². The molecule has 1 rings (SSSR count). The first kappa shape index (κ1) is 17.8. The van der Waals surface area contributed by atoms with Gasteiger partial charge in [-0.2, -0.15) is 13.2 Å². The van der Waals surface area contributed by atoms with E-state index < -0.39 is 43.0 Å². The molecule has 22 heavy (non-hydrogen) atoms. The van der Waals surface area contributed by atoms with Crippen LogP contribution >= 0.6 is 0 Å². The summed E-state index contributed by atoms with van der Waals surface area (Å²) in [6.07, 6.45) is -6.23. The van der Waals surface area contributed by atoms with Gasteiger partial charge >= 0.3 is 12.3 Å². The first-order valence-electron chi connectivity index (χ1n) is 5.66. The monoisotopic (exact) mass is 340 g/mol. The number of halogens is 3. The maximum Gasteiger partial charge on any atom is 0.418 e. The van der Waals surface area contributed by atoms with Crippen LogP contribution in [0.4, 0.5) is 23.7 Å². The van der Waals surface area contributed by atoms with Crippen LogP contribution in [0.5, 0.6) is 0 Å². The molecule has 0 aliphatic rings. The molecular formula is C11H11F3N2O5S. The van der Waals surface area contributed by atoms with Crippen molar-refractivity contribution in [3.05, 3.63) is 33.9 Å². The minimum atomic E-state index is -5.02. The summed E-state index contributed by atoms with van der Waals surface area (Å²) in [7, 11) is -3.91. The van der Waals surface area contributed by atoms with E-state index in [0.29, 0.717) is 6.07 Å². The standard InChI is InChI=1S/C11H11F3N2O5S/c1-3-21-10(17)15-22(2,20)9-5-4-7(16(18)19)6-8(9)11(12,13)14/h4-6H,2-3H2,1H3,(H,15,17,20). The minimum Gasteiger partial charge on any atom is -0.449 e. The van der Waals surface area contributed by atoms with Crippen molar-refractivity contribution in [1.82, 2.24) is 4.72 Å². The predicted octanol–water partition coefficient (Wildman–Crippen LogP) is 2.35. The highest BCUT2D eigenvalue weighted by Crippen LogP contribution is 2.36. The van der Waals surface area contributed by atoms with Gasteiger partial charge in [-0.05, 0) is 18.9 Å². The second kappa shape index (κ2) is 6.22. The maximum absolute atomic E-state index is 13.0. The average Bonchev–Trinajstić information content (AvgIpc) is 2.36. The number of non-ortho nitro benzene ring substituents is 1. The lowest BCUT2D eigenvalue weighted by atomic mass is 10.2. The summed E-state index contributed by atoms with van der Waals surface area (Å²) in [5, 5.41) is 10.6. The number of nitrogens with one attached hydrogen (secondary N) is 1. The third kappa shape index (κ3) is 4.10. The number of nitro benzene ring substituents is 1. The normalized spacial score (nSPS) is 14.0. The van der Waals surface area contributed by atoms with Crippen LogP contribution in [-0.4, -0.2) is 27.7 Å². The number of carbonyl (C=O) groups excluding carboxylic acids is 1. The Balaban J connectivity index is 3.40. The van der Waals surface area contributed by atoms with E-state index in [4.69, 9.17) is 0 Å². The van der Waals surface area contributed by atoms with Crippen molar-refractivity contribution in [3.63, 3.8) is 0 Å². The molecule has 0 bridgehead atoms. The van der Waals surface area contributed by atoms with Crippen molar-refractivity contribution < 1.29 is 31.8 Å². The highest BCUT2D eigenvalue weighted by molar-refractivity contribution is 7.99. The maximum atomic E-state index is 13.0. The van der Waals surface area contributed by atoms with Gasteiger partial charge in [0.2, 0.25) is 0 Å². The van der Waals surface area contributed by atoms with Gasteiger partial charge < -0.3 is 4.74 Å². The lowest BCUT2D eigenvalue weighted by Gasteiger charge is -2.16. The number of benzene rings is 1. The molecule has 0 saturated heterocycles. The zero-order valence-electron chi connectivity index (χ0n) is 11.2. The lowest BCUT2D eigenvalue weighted by Crippen LogP contribution is -2.32. The number of nitrogens with zero attached hydrogens (tertiary/aromatic N) is 1. The Bertz CT molecular complexity index is 700. The number of nitro groups is 1. The van der Waals surface area contributed by atoms with Crippen LogP contribution in [0.1, 0.15) is 12.5 Å². The molecule has 122 valence electrons. The molecule has 0 aromatic heterocycles. The van der Waals surface area contributed by atoms with E-state index in [9.17, 15) is 32.3 Å². The molecule has 1 atom stereocenters. The van der Waals surface area contributed by atoms with Gasteiger partial charge in [0.25, 0.3) is 5.69 Å². The Hall–Kier alpha value is -2.30. The zero-order valence-corrected chi connectivity index (χ0v) is 12.0. The molecule has 0 spiro atoms. The molecular weight excluding hydrogens is 329 g/mol. The topological polar surface area (TPSA) is 98.5 Å². The first-order valence-corrected chi connectivity index (χ1v) is 7.39. The van der Waals surface area contributed by atoms with E-state index in [-0.39, 0.29) is 12.7 Å². The fourth-order valence-electron chi connectivity index (χ4n) is 1.49. The number of ether oxygens (including phenoxy) is 1. The van der Waals surface area contributed by atoms with Crippen LogP contribution in [0.2, 0.25) is 0 Å². The van der Waals surface area contributed by atoms with Crippen LogP contribution in [-0.2, 0) is 20.6 Å². The summed E-state index contributed by atoms with van der Waals surface area (Å²) in [5.74, 6) is 3.06. The molecule has 0 heterocycles. The van der Waals surface area contributed by atoms with Crippen molar-refractivity contribution in [2.24, 2.45) is 0 Å². The number of hydrogen-bond donors (Lipinski definition) is 1. The molecule has 0 saturated carbocycles. The van der Waals surface area contributed by atoms with E-state index in [1.165, 1.54) is 6.92 Å². The summed E-state index contributed by atoms with van der Waals surface area (Å²) >= 11 is 0. The van der Waals surface area contributed by atoms with Gasteiger partial charge in [0.1, 0.15) is 0 Å². The Kier molecular flexibility index (Phi) is 5.02. The van der Waals surface area contributed by atoms with Crippen LogP contribution in [0.3, 0.4) is 0 Å². The summed E-state index contributed by atoms with van der Waals surface area (Å²) in [4.78, 5) is 19.9. The number of hydrogen-bond acceptors (Lipinski definition) is 5. The third-order valence-electron chi connectivity index (χ3n) is 2.36. The molecule has 1 aromatic carbocycles. The smallest absolute Gasteiger partial charge is 0.418 e. The molecule has 1 N–H and O–H groups in total. The van der Waals surface area contributed by atoms with Gasteiger partial charge in [0.15, 0.2) is 0 Å². The van der Waals surface area contributed by atoms with Gasteiger partial charge in [0.05, 0.1) is 31.7 Å². The molecule has 1 aromatic rings. The fourth-order valence-corrected chi connectivity index (χ4v) is 2.75. The largest absolute Gasteiger partial charge is 0.449 e. The number of amides is 1. The molecule has 1 unspecified atom stereocenters. The van der Waals surface area contributed by atoms with E-state index in [1.54, 1.807) is 4.72 Å². The van der Waals surface area contributed by atoms with Gasteiger partial charge in [-0.15, -0.1) is 0 Å². The van der Waals surface area contributed by atoms with E-state index in [0.717, 1.165) is 6.07 Å². The molecule has 11 heteroatoms. The number of carbonyl (C=O) groups is 1. The minimum absolute atomic E-state index is 0.0895.